The molecule has 0 amide bonds. The third-order valence-electron chi connectivity index (χ3n) is 3.48. The van der Waals surface area contributed by atoms with Gasteiger partial charge in [0.2, 0.25) is 0 Å². The van der Waals surface area contributed by atoms with Gasteiger partial charge in [0.05, 0.1) is 6.61 Å². The van der Waals surface area contributed by atoms with Gasteiger partial charge < -0.3 is 10.1 Å². The molecule has 94 valence electrons. The summed E-state index contributed by atoms with van der Waals surface area (Å²) in [5, 5.41) is 3.37. The van der Waals surface area contributed by atoms with Crippen LogP contribution in [0.1, 0.15) is 52.9 Å². The van der Waals surface area contributed by atoms with E-state index in [1.807, 2.05) is 6.92 Å². The molecule has 1 saturated carbocycles. The zero-order valence-corrected chi connectivity index (χ0v) is 10.8. The van der Waals surface area contributed by atoms with Crippen molar-refractivity contribution in [1.82, 2.24) is 5.32 Å². The number of carbonyl (C=O) groups excluding carboxylic acids is 1. The maximum Gasteiger partial charge on any atom is 0.323 e. The fourth-order valence-corrected chi connectivity index (χ4v) is 2.16. The van der Waals surface area contributed by atoms with E-state index in [0.29, 0.717) is 12.0 Å². The van der Waals surface area contributed by atoms with Gasteiger partial charge in [-0.2, -0.15) is 0 Å². The zero-order valence-electron chi connectivity index (χ0n) is 10.8. The summed E-state index contributed by atoms with van der Waals surface area (Å²) in [6.07, 6.45) is 5.77. The molecule has 1 rings (SSSR count). The van der Waals surface area contributed by atoms with Gasteiger partial charge in [0.15, 0.2) is 0 Å². The second-order valence-corrected chi connectivity index (χ2v) is 5.14. The van der Waals surface area contributed by atoms with Crippen molar-refractivity contribution < 1.29 is 9.53 Å². The normalized spacial score (nSPS) is 19.9. The highest BCUT2D eigenvalue weighted by molar-refractivity contribution is 5.75. The summed E-state index contributed by atoms with van der Waals surface area (Å²) in [6.45, 7) is 7.65. The highest BCUT2D eigenvalue weighted by Gasteiger charge is 2.32. The van der Waals surface area contributed by atoms with Gasteiger partial charge in [-0.1, -0.05) is 26.7 Å². The van der Waals surface area contributed by atoms with Gasteiger partial charge in [0.25, 0.3) is 0 Å². The molecule has 0 saturated heterocycles. The lowest BCUT2D eigenvalue weighted by molar-refractivity contribution is -0.146. The lowest BCUT2D eigenvalue weighted by atomic mass is 9.70. The van der Waals surface area contributed by atoms with Crippen LogP contribution in [0, 0.1) is 5.41 Å². The molecule has 1 atom stereocenters. The lowest BCUT2D eigenvalue weighted by Gasteiger charge is -2.39. The van der Waals surface area contributed by atoms with Crippen molar-refractivity contribution in [3.8, 4) is 0 Å². The van der Waals surface area contributed by atoms with E-state index in [1.54, 1.807) is 0 Å². The molecule has 1 aliphatic rings. The van der Waals surface area contributed by atoms with Gasteiger partial charge in [-0.3, -0.25) is 4.79 Å². The van der Waals surface area contributed by atoms with Gasteiger partial charge >= 0.3 is 5.97 Å². The molecule has 0 aromatic rings. The first-order valence-corrected chi connectivity index (χ1v) is 6.51. The van der Waals surface area contributed by atoms with Crippen molar-refractivity contribution in [3.63, 3.8) is 0 Å². The molecular weight excluding hydrogens is 202 g/mol. The highest BCUT2D eigenvalue weighted by Crippen LogP contribution is 2.39. The monoisotopic (exact) mass is 227 g/mol. The summed E-state index contributed by atoms with van der Waals surface area (Å²) < 4.78 is 5.07. The zero-order chi connectivity index (χ0) is 12.0. The van der Waals surface area contributed by atoms with Crippen LogP contribution in [0.4, 0.5) is 0 Å². The van der Waals surface area contributed by atoms with Crippen LogP contribution >= 0.6 is 0 Å². The van der Waals surface area contributed by atoms with Gasteiger partial charge in [0.1, 0.15) is 6.04 Å². The van der Waals surface area contributed by atoms with Crippen LogP contribution in [0.25, 0.3) is 0 Å². The molecule has 3 nitrogen and oxygen atoms in total. The number of ether oxygens (including phenoxy) is 1. The summed E-state index contributed by atoms with van der Waals surface area (Å²) >= 11 is 0. The van der Waals surface area contributed by atoms with E-state index >= 15 is 0 Å². The SMILES string of the molecule is CCCC(NCC1(C)CCC1)C(=O)OCC. The number of carbonyl (C=O) groups is 1. The Labute approximate surface area is 98.9 Å². The molecule has 0 aromatic carbocycles. The van der Waals surface area contributed by atoms with Gasteiger partial charge in [-0.25, -0.2) is 0 Å². The summed E-state index contributed by atoms with van der Waals surface area (Å²) in [7, 11) is 0. The molecule has 0 bridgehead atoms. The molecule has 0 aliphatic heterocycles. The first-order chi connectivity index (χ1) is 7.61. The molecule has 16 heavy (non-hydrogen) atoms. The average molecular weight is 227 g/mol. The summed E-state index contributed by atoms with van der Waals surface area (Å²) in [6, 6.07) is -0.109. The Balaban J connectivity index is 2.34. The number of hydrogen-bond donors (Lipinski definition) is 1. The molecule has 0 aromatic heterocycles. The maximum atomic E-state index is 11.7. The lowest BCUT2D eigenvalue weighted by Crippen LogP contribution is -2.45. The number of hydrogen-bond acceptors (Lipinski definition) is 3. The Morgan fingerprint density at radius 3 is 2.56 bits per heavy atom. The van der Waals surface area contributed by atoms with Crippen molar-refractivity contribution in [2.24, 2.45) is 5.41 Å². The number of nitrogens with one attached hydrogen (secondary N) is 1. The second-order valence-electron chi connectivity index (χ2n) is 5.14. The molecule has 3 heteroatoms. The van der Waals surface area contributed by atoms with Gasteiger partial charge in [-0.15, -0.1) is 0 Å². The van der Waals surface area contributed by atoms with Crippen LogP contribution in [-0.2, 0) is 9.53 Å². The van der Waals surface area contributed by atoms with Crippen molar-refractivity contribution in [1.29, 1.82) is 0 Å². The second kappa shape index (κ2) is 6.24. The van der Waals surface area contributed by atoms with Gasteiger partial charge in [-0.05, 0) is 31.6 Å². The molecule has 0 radical (unpaired) electrons. The minimum Gasteiger partial charge on any atom is -0.465 e. The van der Waals surface area contributed by atoms with Crippen LogP contribution in [0.2, 0.25) is 0 Å². The van der Waals surface area contributed by atoms with Crippen molar-refractivity contribution in [2.75, 3.05) is 13.2 Å². The molecular formula is C13H25NO2. The topological polar surface area (TPSA) is 38.3 Å². The Morgan fingerprint density at radius 2 is 2.12 bits per heavy atom. The van der Waals surface area contributed by atoms with Crippen molar-refractivity contribution in [2.45, 2.75) is 58.9 Å². The first-order valence-electron chi connectivity index (χ1n) is 6.51. The summed E-state index contributed by atoms with van der Waals surface area (Å²) in [5.41, 5.74) is 0.415. The van der Waals surface area contributed by atoms with E-state index in [4.69, 9.17) is 4.74 Å². The highest BCUT2D eigenvalue weighted by atomic mass is 16.5. The van der Waals surface area contributed by atoms with Crippen LogP contribution in [0.5, 0.6) is 0 Å². The number of rotatable bonds is 7. The van der Waals surface area contributed by atoms with Crippen molar-refractivity contribution >= 4 is 5.97 Å². The van der Waals surface area contributed by atoms with E-state index in [-0.39, 0.29) is 12.0 Å². The largest absolute Gasteiger partial charge is 0.465 e. The first kappa shape index (κ1) is 13.5. The molecule has 1 unspecified atom stereocenters. The third kappa shape index (κ3) is 3.78. The maximum absolute atomic E-state index is 11.7. The Hall–Kier alpha value is -0.570. The van der Waals surface area contributed by atoms with E-state index in [2.05, 4.69) is 19.2 Å². The Morgan fingerprint density at radius 1 is 1.44 bits per heavy atom. The third-order valence-corrected chi connectivity index (χ3v) is 3.48. The molecule has 0 heterocycles. The van der Waals surface area contributed by atoms with E-state index in [0.717, 1.165) is 19.4 Å². The molecule has 1 fully saturated rings. The predicted octanol–water partition coefficient (Wildman–Crippen LogP) is 2.50. The minimum absolute atomic E-state index is 0.0905. The molecule has 1 N–H and O–H groups in total. The smallest absolute Gasteiger partial charge is 0.323 e. The minimum atomic E-state index is -0.109. The molecule has 0 spiro atoms. The quantitative estimate of drug-likeness (QED) is 0.679. The van der Waals surface area contributed by atoms with Gasteiger partial charge in [0, 0.05) is 6.54 Å². The number of esters is 1. The standard InChI is InChI=1S/C13H25NO2/c1-4-7-11(12(15)16-5-2)14-10-13(3)8-6-9-13/h11,14H,4-10H2,1-3H3. The van der Waals surface area contributed by atoms with Crippen LogP contribution in [-0.4, -0.2) is 25.2 Å². The average Bonchev–Trinajstić information content (AvgIpc) is 2.21. The van der Waals surface area contributed by atoms with Crippen LogP contribution in [0.3, 0.4) is 0 Å². The predicted molar refractivity (Wildman–Crippen MR) is 65.3 cm³/mol. The van der Waals surface area contributed by atoms with Crippen LogP contribution < -0.4 is 5.32 Å². The summed E-state index contributed by atoms with van der Waals surface area (Å²) in [5.74, 6) is -0.0905. The summed E-state index contributed by atoms with van der Waals surface area (Å²) in [4.78, 5) is 11.7. The Bertz CT molecular complexity index is 224. The molecule has 1 aliphatic carbocycles. The Kier molecular flexibility index (Phi) is 5.26. The fourth-order valence-electron chi connectivity index (χ4n) is 2.16. The van der Waals surface area contributed by atoms with Crippen molar-refractivity contribution in [3.05, 3.63) is 0 Å². The van der Waals surface area contributed by atoms with E-state index < -0.39 is 0 Å². The van der Waals surface area contributed by atoms with E-state index in [9.17, 15) is 4.79 Å². The van der Waals surface area contributed by atoms with Crippen LogP contribution in [0.15, 0.2) is 0 Å². The van der Waals surface area contributed by atoms with E-state index in [1.165, 1.54) is 19.3 Å². The fraction of sp³-hybridized carbons (Fsp3) is 0.923.